The van der Waals surface area contributed by atoms with Crippen LogP contribution < -0.4 is 5.32 Å². The number of anilines is 1. The third-order valence-electron chi connectivity index (χ3n) is 2.95. The van der Waals surface area contributed by atoms with E-state index < -0.39 is 0 Å². The first kappa shape index (κ1) is 14.6. The monoisotopic (exact) mass is 383 g/mol. The van der Waals surface area contributed by atoms with Crippen LogP contribution in [0, 0.1) is 6.92 Å². The summed E-state index contributed by atoms with van der Waals surface area (Å²) in [4.78, 5) is 0. The second-order valence-corrected chi connectivity index (χ2v) is 6.17. The Balaban J connectivity index is 2.22. The molecule has 0 spiro atoms. The molecule has 19 heavy (non-hydrogen) atoms. The number of hydrogen-bond donors (Lipinski definition) is 2. The van der Waals surface area contributed by atoms with Crippen LogP contribution in [0.25, 0.3) is 0 Å². The van der Waals surface area contributed by atoms with Gasteiger partial charge in [0.2, 0.25) is 0 Å². The molecule has 2 nitrogen and oxygen atoms in total. The molecule has 0 radical (unpaired) electrons. The van der Waals surface area contributed by atoms with E-state index in [1.165, 1.54) is 5.56 Å². The number of halogens is 2. The predicted octanol–water partition coefficient (Wildman–Crippen LogP) is 4.67. The Kier molecular flexibility index (Phi) is 5.02. The maximum atomic E-state index is 9.58. The Morgan fingerprint density at radius 1 is 1.16 bits per heavy atom. The van der Waals surface area contributed by atoms with Gasteiger partial charge in [-0.05, 0) is 42.3 Å². The largest absolute Gasteiger partial charge is 0.394 e. The summed E-state index contributed by atoms with van der Waals surface area (Å²) in [5.74, 6) is 0. The molecule has 0 aliphatic carbocycles. The number of nitrogens with one attached hydrogen (secondary N) is 1. The van der Waals surface area contributed by atoms with Gasteiger partial charge in [0, 0.05) is 14.6 Å². The molecule has 2 rings (SSSR count). The fraction of sp³-hybridized carbons (Fsp3) is 0.200. The van der Waals surface area contributed by atoms with E-state index in [0.717, 1.165) is 20.2 Å². The molecular weight excluding hydrogens is 370 g/mol. The minimum absolute atomic E-state index is 0.0437. The smallest absolute Gasteiger partial charge is 0.0745 e. The highest BCUT2D eigenvalue weighted by Gasteiger charge is 2.11. The van der Waals surface area contributed by atoms with Crippen LogP contribution in [0.4, 0.5) is 5.69 Å². The lowest BCUT2D eigenvalue weighted by molar-refractivity contribution is 0.276. The van der Waals surface area contributed by atoms with Gasteiger partial charge in [-0.25, -0.2) is 0 Å². The zero-order valence-electron chi connectivity index (χ0n) is 10.5. The number of rotatable bonds is 4. The third kappa shape index (κ3) is 3.81. The van der Waals surface area contributed by atoms with Crippen LogP contribution >= 0.6 is 31.9 Å². The molecule has 2 N–H and O–H groups in total. The highest BCUT2D eigenvalue weighted by atomic mass is 79.9. The van der Waals surface area contributed by atoms with Gasteiger partial charge < -0.3 is 10.4 Å². The van der Waals surface area contributed by atoms with Crippen molar-refractivity contribution in [1.82, 2.24) is 0 Å². The Morgan fingerprint density at radius 2 is 1.95 bits per heavy atom. The lowest BCUT2D eigenvalue weighted by atomic mass is 10.1. The van der Waals surface area contributed by atoms with Crippen LogP contribution in [0.15, 0.2) is 51.4 Å². The van der Waals surface area contributed by atoms with E-state index in [1.54, 1.807) is 0 Å². The second-order valence-electron chi connectivity index (χ2n) is 4.40. The van der Waals surface area contributed by atoms with Gasteiger partial charge in [0.15, 0.2) is 0 Å². The predicted molar refractivity (Wildman–Crippen MR) is 86.5 cm³/mol. The standard InChI is InChI=1S/C15H15Br2NO/c1-10-5-6-11(7-14(10)17)15(9-19)18-13-4-2-3-12(16)8-13/h2-8,15,18-19H,9H2,1H3. The number of aryl methyl sites for hydroxylation is 1. The highest BCUT2D eigenvalue weighted by Crippen LogP contribution is 2.25. The molecule has 2 aromatic carbocycles. The summed E-state index contributed by atoms with van der Waals surface area (Å²) in [5.41, 5.74) is 3.22. The van der Waals surface area contributed by atoms with E-state index in [4.69, 9.17) is 0 Å². The van der Waals surface area contributed by atoms with Gasteiger partial charge in [-0.15, -0.1) is 0 Å². The van der Waals surface area contributed by atoms with Gasteiger partial charge in [-0.3, -0.25) is 0 Å². The molecule has 2 aromatic rings. The number of hydrogen-bond acceptors (Lipinski definition) is 2. The fourth-order valence-electron chi connectivity index (χ4n) is 1.84. The Bertz CT molecular complexity index is 572. The third-order valence-corrected chi connectivity index (χ3v) is 4.29. The van der Waals surface area contributed by atoms with E-state index in [9.17, 15) is 5.11 Å². The molecule has 0 bridgehead atoms. The lowest BCUT2D eigenvalue weighted by Gasteiger charge is -2.19. The number of aliphatic hydroxyl groups is 1. The molecule has 1 unspecified atom stereocenters. The van der Waals surface area contributed by atoms with Crippen molar-refractivity contribution in [2.45, 2.75) is 13.0 Å². The molecular formula is C15H15Br2NO. The minimum Gasteiger partial charge on any atom is -0.394 e. The van der Waals surface area contributed by atoms with Crippen molar-refractivity contribution >= 4 is 37.5 Å². The Labute approximate surface area is 130 Å². The molecule has 1 atom stereocenters. The van der Waals surface area contributed by atoms with Crippen molar-refractivity contribution in [2.75, 3.05) is 11.9 Å². The van der Waals surface area contributed by atoms with Gasteiger partial charge >= 0.3 is 0 Å². The van der Waals surface area contributed by atoms with Crippen LogP contribution in [0.2, 0.25) is 0 Å². The summed E-state index contributed by atoms with van der Waals surface area (Å²) < 4.78 is 2.07. The van der Waals surface area contributed by atoms with Gasteiger partial charge in [0.1, 0.15) is 0 Å². The topological polar surface area (TPSA) is 32.3 Å². The zero-order chi connectivity index (χ0) is 13.8. The molecule has 0 amide bonds. The van der Waals surface area contributed by atoms with Crippen molar-refractivity contribution in [3.63, 3.8) is 0 Å². The average molecular weight is 385 g/mol. The quantitative estimate of drug-likeness (QED) is 0.802. The number of aliphatic hydroxyl groups excluding tert-OH is 1. The van der Waals surface area contributed by atoms with Crippen molar-refractivity contribution in [2.24, 2.45) is 0 Å². The van der Waals surface area contributed by atoms with Crippen molar-refractivity contribution < 1.29 is 5.11 Å². The van der Waals surface area contributed by atoms with Gasteiger partial charge in [0.05, 0.1) is 12.6 Å². The maximum Gasteiger partial charge on any atom is 0.0745 e. The van der Waals surface area contributed by atoms with Gasteiger partial charge in [-0.1, -0.05) is 50.1 Å². The first-order valence-corrected chi connectivity index (χ1v) is 7.58. The lowest BCUT2D eigenvalue weighted by Crippen LogP contribution is -2.14. The normalized spacial score (nSPS) is 12.2. The molecule has 0 fully saturated rings. The summed E-state index contributed by atoms with van der Waals surface area (Å²) in [7, 11) is 0. The van der Waals surface area contributed by atoms with Crippen molar-refractivity contribution in [3.8, 4) is 0 Å². The van der Waals surface area contributed by atoms with Gasteiger partial charge in [-0.2, -0.15) is 0 Å². The molecule has 0 saturated carbocycles. The minimum atomic E-state index is -0.119. The SMILES string of the molecule is Cc1ccc(C(CO)Nc2cccc(Br)c2)cc1Br. The van der Waals surface area contributed by atoms with E-state index in [2.05, 4.69) is 37.2 Å². The molecule has 100 valence electrons. The molecule has 0 saturated heterocycles. The van der Waals surface area contributed by atoms with Gasteiger partial charge in [0.25, 0.3) is 0 Å². The van der Waals surface area contributed by atoms with Crippen molar-refractivity contribution in [3.05, 3.63) is 62.5 Å². The molecule has 0 aliphatic rings. The van der Waals surface area contributed by atoms with Crippen LogP contribution in [-0.2, 0) is 0 Å². The van der Waals surface area contributed by atoms with Crippen LogP contribution in [0.5, 0.6) is 0 Å². The summed E-state index contributed by atoms with van der Waals surface area (Å²) >= 11 is 6.97. The van der Waals surface area contributed by atoms with Crippen LogP contribution in [0.1, 0.15) is 17.2 Å². The zero-order valence-corrected chi connectivity index (χ0v) is 13.7. The Hall–Kier alpha value is -0.840. The summed E-state index contributed by atoms with van der Waals surface area (Å²) in [5, 5.41) is 12.9. The highest BCUT2D eigenvalue weighted by molar-refractivity contribution is 9.10. The van der Waals surface area contributed by atoms with E-state index in [0.29, 0.717) is 0 Å². The molecule has 0 heterocycles. The molecule has 4 heteroatoms. The maximum absolute atomic E-state index is 9.58. The average Bonchev–Trinajstić information content (AvgIpc) is 2.39. The van der Waals surface area contributed by atoms with Crippen molar-refractivity contribution in [1.29, 1.82) is 0 Å². The first-order chi connectivity index (χ1) is 9.10. The fourth-order valence-corrected chi connectivity index (χ4v) is 2.64. The van der Waals surface area contributed by atoms with E-state index in [1.807, 2.05) is 49.4 Å². The van der Waals surface area contributed by atoms with E-state index >= 15 is 0 Å². The van der Waals surface area contributed by atoms with Crippen LogP contribution in [-0.4, -0.2) is 11.7 Å². The first-order valence-electron chi connectivity index (χ1n) is 5.99. The summed E-state index contributed by atoms with van der Waals surface area (Å²) in [6.07, 6.45) is 0. The molecule has 0 aromatic heterocycles. The van der Waals surface area contributed by atoms with Crippen LogP contribution in [0.3, 0.4) is 0 Å². The Morgan fingerprint density at radius 3 is 2.58 bits per heavy atom. The number of benzene rings is 2. The summed E-state index contributed by atoms with van der Waals surface area (Å²) in [6.45, 7) is 2.09. The molecule has 0 aliphatic heterocycles. The summed E-state index contributed by atoms with van der Waals surface area (Å²) in [6, 6.07) is 13.9. The second kappa shape index (κ2) is 6.55. The van der Waals surface area contributed by atoms with E-state index in [-0.39, 0.29) is 12.6 Å².